The molecule has 0 aromatic heterocycles. The van der Waals surface area contributed by atoms with Crippen molar-refractivity contribution in [2.45, 2.75) is 6.92 Å². The molecule has 2 N–H and O–H groups in total. The molecule has 0 heterocycles. The summed E-state index contributed by atoms with van der Waals surface area (Å²) in [6.45, 7) is 4.39. The summed E-state index contributed by atoms with van der Waals surface area (Å²) in [6.07, 6.45) is 0. The number of hydrogen-bond acceptors (Lipinski definition) is 4. The summed E-state index contributed by atoms with van der Waals surface area (Å²) in [5.74, 6) is 0. The van der Waals surface area contributed by atoms with Crippen molar-refractivity contribution in [1.29, 1.82) is 0 Å². The van der Waals surface area contributed by atoms with Gasteiger partial charge in [-0.1, -0.05) is 6.92 Å². The number of halogens is 1. The molecule has 0 bridgehead atoms. The Morgan fingerprint density at radius 1 is 1.44 bits per heavy atom. The fraction of sp³-hybridized carbons (Fsp3) is 0.400. The lowest BCUT2D eigenvalue weighted by molar-refractivity contribution is -0.384. The minimum Gasteiger partial charge on any atom is -0.378 e. The van der Waals surface area contributed by atoms with Crippen molar-refractivity contribution in [3.8, 4) is 0 Å². The number of rotatable bonds is 6. The molecule has 1 rings (SSSR count). The third-order valence-corrected chi connectivity index (χ3v) is 2.69. The van der Waals surface area contributed by atoms with Gasteiger partial charge >= 0.3 is 0 Å². The molecular weight excluding hydrogens is 321 g/mol. The standard InChI is InChI=1S/C10H14IN3O2/c1-2-12-5-6-13-9-4-3-8(11)7-10(9)14(15)16/h3-4,7,12-13H,2,5-6H2,1H3. The van der Waals surface area contributed by atoms with Gasteiger partial charge in [0.15, 0.2) is 0 Å². The van der Waals surface area contributed by atoms with E-state index in [4.69, 9.17) is 0 Å². The van der Waals surface area contributed by atoms with Gasteiger partial charge in [-0.2, -0.15) is 0 Å². The van der Waals surface area contributed by atoms with E-state index in [1.165, 1.54) is 0 Å². The summed E-state index contributed by atoms with van der Waals surface area (Å²) >= 11 is 2.06. The van der Waals surface area contributed by atoms with E-state index < -0.39 is 0 Å². The highest BCUT2D eigenvalue weighted by molar-refractivity contribution is 14.1. The topological polar surface area (TPSA) is 67.2 Å². The van der Waals surface area contributed by atoms with Crippen LogP contribution in [-0.2, 0) is 0 Å². The van der Waals surface area contributed by atoms with Crippen LogP contribution in [0.15, 0.2) is 18.2 Å². The fourth-order valence-electron chi connectivity index (χ4n) is 1.27. The molecule has 0 aliphatic heterocycles. The number of anilines is 1. The Balaban J connectivity index is 2.67. The first-order valence-corrected chi connectivity index (χ1v) is 6.11. The van der Waals surface area contributed by atoms with Crippen LogP contribution < -0.4 is 10.6 Å². The second kappa shape index (κ2) is 6.64. The normalized spacial score (nSPS) is 10.1. The van der Waals surface area contributed by atoms with Crippen molar-refractivity contribution in [2.75, 3.05) is 25.0 Å². The van der Waals surface area contributed by atoms with Crippen molar-refractivity contribution in [1.82, 2.24) is 5.32 Å². The van der Waals surface area contributed by atoms with Crippen molar-refractivity contribution in [2.24, 2.45) is 0 Å². The Morgan fingerprint density at radius 2 is 2.19 bits per heavy atom. The highest BCUT2D eigenvalue weighted by Gasteiger charge is 2.13. The van der Waals surface area contributed by atoms with Crippen molar-refractivity contribution in [3.05, 3.63) is 31.9 Å². The average molecular weight is 335 g/mol. The Hall–Kier alpha value is -0.890. The van der Waals surface area contributed by atoms with Crippen molar-refractivity contribution >= 4 is 34.0 Å². The van der Waals surface area contributed by atoms with Gasteiger partial charge in [0.2, 0.25) is 0 Å². The van der Waals surface area contributed by atoms with Crippen LogP contribution in [0.5, 0.6) is 0 Å². The maximum atomic E-state index is 10.8. The van der Waals surface area contributed by atoms with E-state index >= 15 is 0 Å². The quantitative estimate of drug-likeness (QED) is 0.362. The highest BCUT2D eigenvalue weighted by atomic mass is 127. The molecule has 0 saturated carbocycles. The number of likely N-dealkylation sites (N-methyl/N-ethyl adjacent to an activating group) is 1. The second-order valence-corrected chi connectivity index (χ2v) is 4.44. The number of benzene rings is 1. The van der Waals surface area contributed by atoms with Gasteiger partial charge in [0.05, 0.1) is 4.92 Å². The molecule has 16 heavy (non-hydrogen) atoms. The molecule has 0 aliphatic carbocycles. The molecule has 88 valence electrons. The number of nitro groups is 1. The van der Waals surface area contributed by atoms with Crippen molar-refractivity contribution in [3.63, 3.8) is 0 Å². The largest absolute Gasteiger partial charge is 0.378 e. The zero-order valence-electron chi connectivity index (χ0n) is 9.00. The summed E-state index contributed by atoms with van der Waals surface area (Å²) in [5.41, 5.74) is 0.701. The molecule has 0 spiro atoms. The van der Waals surface area contributed by atoms with Crippen LogP contribution in [0.25, 0.3) is 0 Å². The SMILES string of the molecule is CCNCCNc1ccc(I)cc1[N+](=O)[O-]. The van der Waals surface area contributed by atoms with Gasteiger partial charge < -0.3 is 10.6 Å². The smallest absolute Gasteiger partial charge is 0.293 e. The van der Waals surface area contributed by atoms with Crippen molar-refractivity contribution < 1.29 is 4.92 Å². The van der Waals surface area contributed by atoms with Gasteiger partial charge in [-0.15, -0.1) is 0 Å². The Kier molecular flexibility index (Phi) is 5.47. The lowest BCUT2D eigenvalue weighted by atomic mass is 10.2. The molecule has 6 heteroatoms. The van der Waals surface area contributed by atoms with E-state index in [9.17, 15) is 10.1 Å². The summed E-state index contributed by atoms with van der Waals surface area (Å²) < 4.78 is 0.863. The molecule has 1 aromatic rings. The first-order chi connectivity index (χ1) is 7.65. The van der Waals surface area contributed by atoms with Gasteiger partial charge in [-0.3, -0.25) is 10.1 Å². The summed E-state index contributed by atoms with van der Waals surface area (Å²) in [4.78, 5) is 10.4. The van der Waals surface area contributed by atoms with Gasteiger partial charge in [-0.05, 0) is 41.3 Å². The number of nitro benzene ring substituents is 1. The average Bonchev–Trinajstić information content (AvgIpc) is 2.26. The van der Waals surface area contributed by atoms with E-state index in [2.05, 4.69) is 33.2 Å². The fourth-order valence-corrected chi connectivity index (χ4v) is 1.74. The molecule has 5 nitrogen and oxygen atoms in total. The summed E-state index contributed by atoms with van der Waals surface area (Å²) in [7, 11) is 0. The molecule has 0 fully saturated rings. The molecule has 0 radical (unpaired) electrons. The van der Waals surface area contributed by atoms with Gasteiger partial charge in [-0.25, -0.2) is 0 Å². The lowest BCUT2D eigenvalue weighted by Gasteiger charge is -2.07. The number of hydrogen-bond donors (Lipinski definition) is 2. The van der Waals surface area contributed by atoms with Gasteiger partial charge in [0, 0.05) is 22.7 Å². The molecule has 0 atom stereocenters. The second-order valence-electron chi connectivity index (χ2n) is 3.20. The molecule has 0 aliphatic rings. The molecule has 0 saturated heterocycles. The maximum absolute atomic E-state index is 10.8. The Morgan fingerprint density at radius 3 is 2.81 bits per heavy atom. The van der Waals surface area contributed by atoms with E-state index in [1.807, 2.05) is 13.0 Å². The monoisotopic (exact) mass is 335 g/mol. The Labute approximate surface area is 108 Å². The molecular formula is C10H14IN3O2. The van der Waals surface area contributed by atoms with Gasteiger partial charge in [0.25, 0.3) is 5.69 Å². The van der Waals surface area contributed by atoms with Gasteiger partial charge in [0.1, 0.15) is 5.69 Å². The van der Waals surface area contributed by atoms with E-state index in [0.29, 0.717) is 12.2 Å². The van der Waals surface area contributed by atoms with Crippen LogP contribution in [0.2, 0.25) is 0 Å². The van der Waals surface area contributed by atoms with E-state index in [1.54, 1.807) is 12.1 Å². The minimum atomic E-state index is -0.363. The van der Waals surface area contributed by atoms with E-state index in [-0.39, 0.29) is 10.6 Å². The molecule has 0 amide bonds. The third kappa shape index (κ3) is 3.93. The van der Waals surface area contributed by atoms with Crippen LogP contribution in [-0.4, -0.2) is 24.6 Å². The number of nitrogens with zero attached hydrogens (tertiary/aromatic N) is 1. The summed E-state index contributed by atoms with van der Waals surface area (Å²) in [6, 6.07) is 5.16. The van der Waals surface area contributed by atoms with Crippen LogP contribution >= 0.6 is 22.6 Å². The maximum Gasteiger partial charge on any atom is 0.293 e. The van der Waals surface area contributed by atoms with E-state index in [0.717, 1.165) is 16.7 Å². The van der Waals surface area contributed by atoms with Crippen LogP contribution in [0.3, 0.4) is 0 Å². The highest BCUT2D eigenvalue weighted by Crippen LogP contribution is 2.25. The summed E-state index contributed by atoms with van der Waals surface area (Å²) in [5, 5.41) is 17.0. The van der Waals surface area contributed by atoms with Crippen LogP contribution in [0, 0.1) is 13.7 Å². The van der Waals surface area contributed by atoms with Crippen LogP contribution in [0.1, 0.15) is 6.92 Å². The minimum absolute atomic E-state index is 0.128. The van der Waals surface area contributed by atoms with Crippen LogP contribution in [0.4, 0.5) is 11.4 Å². The first kappa shape index (κ1) is 13.2. The number of nitrogens with one attached hydrogen (secondary N) is 2. The molecule has 1 aromatic carbocycles. The predicted octanol–water partition coefficient (Wildman–Crippen LogP) is 2.22. The third-order valence-electron chi connectivity index (χ3n) is 2.02. The molecule has 0 unspecified atom stereocenters. The first-order valence-electron chi connectivity index (χ1n) is 5.03. The lowest BCUT2D eigenvalue weighted by Crippen LogP contribution is -2.21. The zero-order valence-corrected chi connectivity index (χ0v) is 11.2. The predicted molar refractivity (Wildman–Crippen MR) is 72.8 cm³/mol. The Bertz CT molecular complexity index is 371. The zero-order chi connectivity index (χ0) is 12.0.